The van der Waals surface area contributed by atoms with Crippen LogP contribution in [0.25, 0.3) is 0 Å². The van der Waals surface area contributed by atoms with E-state index in [0.29, 0.717) is 18.3 Å². The standard InChI is InChI=1S/C15H21N3OS/c1-6-19-15-8-14(17-12(5)18-15)16-10(3)13-7-9(2)20-11(13)4/h7-8,10H,6H2,1-5H3,(H,16,17,18). The Morgan fingerprint density at radius 2 is 2.00 bits per heavy atom. The second kappa shape index (κ2) is 6.22. The summed E-state index contributed by atoms with van der Waals surface area (Å²) in [4.78, 5) is 11.4. The molecule has 0 spiro atoms. The van der Waals surface area contributed by atoms with Crippen molar-refractivity contribution in [2.24, 2.45) is 0 Å². The van der Waals surface area contributed by atoms with Crippen LogP contribution in [0.2, 0.25) is 0 Å². The average Bonchev–Trinajstić information content (AvgIpc) is 2.68. The van der Waals surface area contributed by atoms with Crippen molar-refractivity contribution in [3.8, 4) is 5.88 Å². The molecular weight excluding hydrogens is 270 g/mol. The van der Waals surface area contributed by atoms with Crippen LogP contribution in [0.4, 0.5) is 5.82 Å². The van der Waals surface area contributed by atoms with Crippen molar-refractivity contribution >= 4 is 17.2 Å². The molecule has 1 atom stereocenters. The lowest BCUT2D eigenvalue weighted by molar-refractivity contribution is 0.325. The van der Waals surface area contributed by atoms with Gasteiger partial charge in [-0.05, 0) is 46.2 Å². The Labute approximate surface area is 124 Å². The molecule has 20 heavy (non-hydrogen) atoms. The van der Waals surface area contributed by atoms with Crippen LogP contribution in [0, 0.1) is 20.8 Å². The van der Waals surface area contributed by atoms with Gasteiger partial charge in [-0.1, -0.05) is 0 Å². The van der Waals surface area contributed by atoms with Gasteiger partial charge in [0.05, 0.1) is 12.6 Å². The summed E-state index contributed by atoms with van der Waals surface area (Å²) in [6.07, 6.45) is 0. The normalized spacial score (nSPS) is 12.2. The Kier molecular flexibility index (Phi) is 4.60. The Hall–Kier alpha value is -1.62. The van der Waals surface area contributed by atoms with Crippen molar-refractivity contribution in [3.05, 3.63) is 33.3 Å². The molecule has 1 N–H and O–H groups in total. The molecule has 0 aliphatic carbocycles. The molecule has 0 aromatic carbocycles. The Balaban J connectivity index is 2.18. The van der Waals surface area contributed by atoms with Crippen molar-refractivity contribution in [1.82, 2.24) is 9.97 Å². The fraction of sp³-hybridized carbons (Fsp3) is 0.467. The minimum Gasteiger partial charge on any atom is -0.478 e. The van der Waals surface area contributed by atoms with E-state index < -0.39 is 0 Å². The number of ether oxygens (including phenoxy) is 1. The monoisotopic (exact) mass is 291 g/mol. The highest BCUT2D eigenvalue weighted by atomic mass is 32.1. The molecule has 0 fully saturated rings. The first-order valence-corrected chi connectivity index (χ1v) is 7.63. The van der Waals surface area contributed by atoms with E-state index in [1.807, 2.05) is 31.3 Å². The highest BCUT2D eigenvalue weighted by Crippen LogP contribution is 2.28. The fourth-order valence-corrected chi connectivity index (χ4v) is 3.24. The SMILES string of the molecule is CCOc1cc(NC(C)c2cc(C)sc2C)nc(C)n1. The number of nitrogens with zero attached hydrogens (tertiary/aromatic N) is 2. The molecule has 5 heteroatoms. The molecule has 1 unspecified atom stereocenters. The number of rotatable bonds is 5. The summed E-state index contributed by atoms with van der Waals surface area (Å²) in [5, 5.41) is 3.43. The zero-order valence-electron chi connectivity index (χ0n) is 12.7. The molecule has 4 nitrogen and oxygen atoms in total. The lowest BCUT2D eigenvalue weighted by Gasteiger charge is -2.15. The molecule has 0 saturated heterocycles. The molecule has 0 bridgehead atoms. The Morgan fingerprint density at radius 3 is 2.60 bits per heavy atom. The van der Waals surface area contributed by atoms with E-state index in [1.54, 1.807) is 0 Å². The first-order valence-electron chi connectivity index (χ1n) is 6.81. The molecule has 2 rings (SSSR count). The van der Waals surface area contributed by atoms with Gasteiger partial charge in [-0.15, -0.1) is 11.3 Å². The Bertz CT molecular complexity index is 595. The van der Waals surface area contributed by atoms with Gasteiger partial charge in [0.1, 0.15) is 11.6 Å². The predicted octanol–water partition coefficient (Wildman–Crippen LogP) is 4.04. The van der Waals surface area contributed by atoms with E-state index in [9.17, 15) is 0 Å². The van der Waals surface area contributed by atoms with Crippen LogP contribution < -0.4 is 10.1 Å². The molecule has 2 aromatic rings. The maximum atomic E-state index is 5.45. The predicted molar refractivity (Wildman–Crippen MR) is 83.8 cm³/mol. The van der Waals surface area contributed by atoms with Crippen LogP contribution in [0.3, 0.4) is 0 Å². The zero-order chi connectivity index (χ0) is 14.7. The summed E-state index contributed by atoms with van der Waals surface area (Å²) in [5.74, 6) is 2.13. The highest BCUT2D eigenvalue weighted by molar-refractivity contribution is 7.12. The first-order chi connectivity index (χ1) is 9.49. The van der Waals surface area contributed by atoms with E-state index in [1.165, 1.54) is 15.3 Å². The van der Waals surface area contributed by atoms with Gasteiger partial charge in [-0.3, -0.25) is 0 Å². The molecule has 0 radical (unpaired) electrons. The number of aromatic nitrogens is 2. The van der Waals surface area contributed by atoms with Gasteiger partial charge in [0.15, 0.2) is 0 Å². The molecule has 2 aromatic heterocycles. The summed E-state index contributed by atoms with van der Waals surface area (Å²) < 4.78 is 5.45. The molecule has 108 valence electrons. The van der Waals surface area contributed by atoms with Gasteiger partial charge >= 0.3 is 0 Å². The van der Waals surface area contributed by atoms with Gasteiger partial charge in [-0.25, -0.2) is 4.98 Å². The van der Waals surface area contributed by atoms with Gasteiger partial charge in [0.2, 0.25) is 5.88 Å². The summed E-state index contributed by atoms with van der Waals surface area (Å²) in [6.45, 7) is 10.9. The van der Waals surface area contributed by atoms with Crippen LogP contribution in [0.5, 0.6) is 5.88 Å². The quantitative estimate of drug-likeness (QED) is 0.903. The summed E-state index contributed by atoms with van der Waals surface area (Å²) in [7, 11) is 0. The van der Waals surface area contributed by atoms with Gasteiger partial charge in [0, 0.05) is 15.8 Å². The van der Waals surface area contributed by atoms with Crippen molar-refractivity contribution < 1.29 is 4.74 Å². The second-order valence-corrected chi connectivity index (χ2v) is 6.27. The third kappa shape index (κ3) is 3.48. The topological polar surface area (TPSA) is 47.0 Å². The first kappa shape index (κ1) is 14.8. The lowest BCUT2D eigenvalue weighted by Crippen LogP contribution is -2.09. The molecular formula is C15H21N3OS. The summed E-state index contributed by atoms with van der Waals surface area (Å²) in [6, 6.07) is 4.29. The molecule has 2 heterocycles. The van der Waals surface area contributed by atoms with Gasteiger partial charge < -0.3 is 10.1 Å². The third-order valence-corrected chi connectivity index (χ3v) is 4.00. The van der Waals surface area contributed by atoms with Crippen LogP contribution in [0.15, 0.2) is 12.1 Å². The number of anilines is 1. The summed E-state index contributed by atoms with van der Waals surface area (Å²) in [5.41, 5.74) is 1.32. The summed E-state index contributed by atoms with van der Waals surface area (Å²) >= 11 is 1.83. The fourth-order valence-electron chi connectivity index (χ4n) is 2.22. The number of aryl methyl sites for hydroxylation is 3. The van der Waals surface area contributed by atoms with E-state index in [4.69, 9.17) is 4.74 Å². The number of nitrogens with one attached hydrogen (secondary N) is 1. The maximum absolute atomic E-state index is 5.45. The smallest absolute Gasteiger partial charge is 0.218 e. The molecule has 0 aliphatic heterocycles. The minimum atomic E-state index is 0.212. The largest absolute Gasteiger partial charge is 0.478 e. The van der Waals surface area contributed by atoms with Crippen molar-refractivity contribution in [1.29, 1.82) is 0 Å². The van der Waals surface area contributed by atoms with Crippen LogP contribution in [0.1, 0.15) is 41.0 Å². The molecule has 0 aliphatic rings. The van der Waals surface area contributed by atoms with Crippen LogP contribution >= 0.6 is 11.3 Å². The van der Waals surface area contributed by atoms with Crippen molar-refractivity contribution in [3.63, 3.8) is 0 Å². The lowest BCUT2D eigenvalue weighted by atomic mass is 10.1. The van der Waals surface area contributed by atoms with E-state index >= 15 is 0 Å². The zero-order valence-corrected chi connectivity index (χ0v) is 13.5. The number of thiophene rings is 1. The van der Waals surface area contributed by atoms with E-state index in [-0.39, 0.29) is 6.04 Å². The highest BCUT2D eigenvalue weighted by Gasteiger charge is 2.12. The number of hydrogen-bond donors (Lipinski definition) is 1. The Morgan fingerprint density at radius 1 is 1.25 bits per heavy atom. The average molecular weight is 291 g/mol. The van der Waals surface area contributed by atoms with Crippen molar-refractivity contribution in [2.45, 2.75) is 40.7 Å². The van der Waals surface area contributed by atoms with Gasteiger partial charge in [-0.2, -0.15) is 4.98 Å². The third-order valence-electron chi connectivity index (χ3n) is 3.02. The van der Waals surface area contributed by atoms with E-state index in [0.717, 1.165) is 5.82 Å². The van der Waals surface area contributed by atoms with Crippen molar-refractivity contribution in [2.75, 3.05) is 11.9 Å². The van der Waals surface area contributed by atoms with E-state index in [2.05, 4.69) is 42.1 Å². The second-order valence-electron chi connectivity index (χ2n) is 4.81. The molecule has 0 saturated carbocycles. The van der Waals surface area contributed by atoms with Gasteiger partial charge in [0.25, 0.3) is 0 Å². The molecule has 0 amide bonds. The van der Waals surface area contributed by atoms with Crippen LogP contribution in [-0.4, -0.2) is 16.6 Å². The van der Waals surface area contributed by atoms with Crippen LogP contribution in [-0.2, 0) is 0 Å². The maximum Gasteiger partial charge on any atom is 0.218 e. The number of hydrogen-bond acceptors (Lipinski definition) is 5. The minimum absolute atomic E-state index is 0.212.